The van der Waals surface area contributed by atoms with Crippen molar-refractivity contribution in [3.8, 4) is 0 Å². The predicted octanol–water partition coefficient (Wildman–Crippen LogP) is 6.65. The smallest absolute Gasteiger partial charge is 0.312 e. The molecule has 0 spiro atoms. The summed E-state index contributed by atoms with van der Waals surface area (Å²) >= 11 is 0. The van der Waals surface area contributed by atoms with Gasteiger partial charge in [-0.2, -0.15) is 0 Å². The number of hydrogen-bond donors (Lipinski definition) is 1. The fourth-order valence-electron chi connectivity index (χ4n) is 5.41. The SMILES string of the molecule is CCC(C)(CC(C)(CC(C)(C)C(=O)OC(C)(C)C)C(=O)O)C(=O)OC1CC(C)CCC1C(C)C. The van der Waals surface area contributed by atoms with Crippen LogP contribution in [0.3, 0.4) is 0 Å². The van der Waals surface area contributed by atoms with Crippen LogP contribution in [0.5, 0.6) is 0 Å². The van der Waals surface area contributed by atoms with Gasteiger partial charge in [-0.1, -0.05) is 34.1 Å². The van der Waals surface area contributed by atoms with Crippen LogP contribution >= 0.6 is 0 Å². The van der Waals surface area contributed by atoms with Crippen LogP contribution in [-0.4, -0.2) is 34.7 Å². The van der Waals surface area contributed by atoms with Crippen LogP contribution in [0.2, 0.25) is 0 Å². The van der Waals surface area contributed by atoms with Crippen LogP contribution in [0, 0.1) is 34.0 Å². The Hall–Kier alpha value is -1.59. The summed E-state index contributed by atoms with van der Waals surface area (Å²) in [4.78, 5) is 38.8. The summed E-state index contributed by atoms with van der Waals surface area (Å²) in [7, 11) is 0. The lowest BCUT2D eigenvalue weighted by Crippen LogP contribution is -2.46. The number of aliphatic carboxylic acids is 1. The quantitative estimate of drug-likeness (QED) is 0.351. The predicted molar refractivity (Wildman–Crippen MR) is 134 cm³/mol. The van der Waals surface area contributed by atoms with E-state index in [1.807, 2.05) is 6.92 Å². The van der Waals surface area contributed by atoms with E-state index in [2.05, 4.69) is 20.8 Å². The maximum atomic E-state index is 13.5. The highest BCUT2D eigenvalue weighted by molar-refractivity contribution is 5.82. The van der Waals surface area contributed by atoms with Gasteiger partial charge in [-0.25, -0.2) is 0 Å². The van der Waals surface area contributed by atoms with Crippen LogP contribution < -0.4 is 0 Å². The molecule has 198 valence electrons. The summed E-state index contributed by atoms with van der Waals surface area (Å²) in [5.41, 5.74) is -3.97. The molecule has 0 bridgehead atoms. The molecule has 6 heteroatoms. The molecule has 6 nitrogen and oxygen atoms in total. The maximum absolute atomic E-state index is 13.5. The molecule has 1 saturated carbocycles. The van der Waals surface area contributed by atoms with Crippen molar-refractivity contribution in [2.24, 2.45) is 34.0 Å². The van der Waals surface area contributed by atoms with Crippen molar-refractivity contribution < 1.29 is 29.0 Å². The minimum atomic E-state index is -1.30. The second kappa shape index (κ2) is 11.0. The monoisotopic (exact) mass is 482 g/mol. The Morgan fingerprint density at radius 3 is 1.91 bits per heavy atom. The summed E-state index contributed by atoms with van der Waals surface area (Å²) in [6, 6.07) is 0. The Bertz CT molecular complexity index is 734. The zero-order chi connectivity index (χ0) is 26.7. The minimum Gasteiger partial charge on any atom is -0.481 e. The van der Waals surface area contributed by atoms with Crippen LogP contribution in [0.15, 0.2) is 0 Å². The highest BCUT2D eigenvalue weighted by Crippen LogP contribution is 2.46. The van der Waals surface area contributed by atoms with Crippen molar-refractivity contribution in [1.29, 1.82) is 0 Å². The van der Waals surface area contributed by atoms with Gasteiger partial charge in [0.2, 0.25) is 0 Å². The molecular weight excluding hydrogens is 432 g/mol. The van der Waals surface area contributed by atoms with E-state index >= 15 is 0 Å². The average Bonchev–Trinajstić information content (AvgIpc) is 2.65. The third-order valence-electron chi connectivity index (χ3n) is 7.57. The topological polar surface area (TPSA) is 89.9 Å². The second-order valence-corrected chi connectivity index (χ2v) is 13.3. The van der Waals surface area contributed by atoms with E-state index in [1.165, 1.54) is 0 Å². The van der Waals surface area contributed by atoms with E-state index in [9.17, 15) is 19.5 Å². The fourth-order valence-corrected chi connectivity index (χ4v) is 5.41. The van der Waals surface area contributed by atoms with Crippen molar-refractivity contribution in [3.05, 3.63) is 0 Å². The van der Waals surface area contributed by atoms with Crippen LogP contribution in [0.25, 0.3) is 0 Å². The molecule has 1 fully saturated rings. The number of carboxylic acids is 1. The number of rotatable bonds is 10. The Balaban J connectivity index is 3.14. The van der Waals surface area contributed by atoms with Gasteiger partial charge in [-0.3, -0.25) is 14.4 Å². The highest BCUT2D eigenvalue weighted by Gasteiger charge is 2.50. The number of carbonyl (C=O) groups excluding carboxylic acids is 2. The van der Waals surface area contributed by atoms with Crippen molar-refractivity contribution in [3.63, 3.8) is 0 Å². The number of ether oxygens (including phenoxy) is 2. The summed E-state index contributed by atoms with van der Waals surface area (Å²) in [6.07, 6.45) is 3.48. The first-order valence-corrected chi connectivity index (χ1v) is 12.9. The van der Waals surface area contributed by atoms with Gasteiger partial charge in [0.05, 0.1) is 16.2 Å². The van der Waals surface area contributed by atoms with Gasteiger partial charge >= 0.3 is 17.9 Å². The van der Waals surface area contributed by atoms with Crippen LogP contribution in [-0.2, 0) is 23.9 Å². The molecule has 0 aromatic carbocycles. The molecule has 0 aromatic heterocycles. The number of carboxylic acid groups (broad SMARTS) is 1. The molecule has 0 radical (unpaired) electrons. The summed E-state index contributed by atoms with van der Waals surface area (Å²) in [5.74, 6) is -0.565. The zero-order valence-corrected chi connectivity index (χ0v) is 23.5. The third-order valence-corrected chi connectivity index (χ3v) is 7.57. The molecule has 0 aliphatic heterocycles. The summed E-state index contributed by atoms with van der Waals surface area (Å²) in [6.45, 7) is 20.6. The molecule has 0 aromatic rings. The lowest BCUT2D eigenvalue weighted by Gasteiger charge is -2.41. The molecule has 34 heavy (non-hydrogen) atoms. The van der Waals surface area contributed by atoms with Crippen molar-refractivity contribution >= 4 is 17.9 Å². The number of carbonyl (C=O) groups is 3. The normalized spacial score (nSPS) is 25.2. The van der Waals surface area contributed by atoms with Crippen molar-refractivity contribution in [2.45, 2.75) is 126 Å². The van der Waals surface area contributed by atoms with E-state index < -0.39 is 33.8 Å². The molecule has 5 unspecified atom stereocenters. The molecule has 0 amide bonds. The molecule has 5 atom stereocenters. The van der Waals surface area contributed by atoms with Gasteiger partial charge in [-0.15, -0.1) is 0 Å². The van der Waals surface area contributed by atoms with Crippen LogP contribution in [0.1, 0.15) is 115 Å². The van der Waals surface area contributed by atoms with Crippen molar-refractivity contribution in [1.82, 2.24) is 0 Å². The molecule has 0 heterocycles. The maximum Gasteiger partial charge on any atom is 0.312 e. The molecular formula is C28H50O6. The third kappa shape index (κ3) is 7.98. The number of hydrogen-bond acceptors (Lipinski definition) is 5. The minimum absolute atomic E-state index is 0.0577. The number of esters is 2. The molecule has 1 rings (SSSR count). The molecule has 1 aliphatic carbocycles. The standard InChI is InChI=1S/C28H50O6/c1-12-27(10,24(32)33-21-15-19(4)13-14-20(21)18(2)3)17-28(11,22(29)30)16-26(8,9)23(31)34-25(5,6)7/h18-21H,12-17H2,1-11H3,(H,29,30). The van der Waals surface area contributed by atoms with Gasteiger partial charge in [0.15, 0.2) is 0 Å². The Morgan fingerprint density at radius 2 is 1.47 bits per heavy atom. The molecule has 1 N–H and O–H groups in total. The van der Waals surface area contributed by atoms with E-state index in [0.717, 1.165) is 19.3 Å². The van der Waals surface area contributed by atoms with E-state index in [1.54, 1.807) is 48.5 Å². The largest absolute Gasteiger partial charge is 0.481 e. The lowest BCUT2D eigenvalue weighted by atomic mass is 9.65. The Kier molecular flexibility index (Phi) is 9.84. The van der Waals surface area contributed by atoms with Gasteiger partial charge in [0.1, 0.15) is 11.7 Å². The Morgan fingerprint density at radius 1 is 0.912 bits per heavy atom. The van der Waals surface area contributed by atoms with Crippen LogP contribution in [0.4, 0.5) is 0 Å². The second-order valence-electron chi connectivity index (χ2n) is 13.3. The van der Waals surface area contributed by atoms with Gasteiger partial charge in [0, 0.05) is 0 Å². The van der Waals surface area contributed by atoms with Gasteiger partial charge in [0.25, 0.3) is 0 Å². The van der Waals surface area contributed by atoms with E-state index in [4.69, 9.17) is 9.47 Å². The molecule has 1 aliphatic rings. The highest BCUT2D eigenvalue weighted by atomic mass is 16.6. The van der Waals surface area contributed by atoms with E-state index in [0.29, 0.717) is 24.2 Å². The summed E-state index contributed by atoms with van der Waals surface area (Å²) < 4.78 is 11.7. The summed E-state index contributed by atoms with van der Waals surface area (Å²) in [5, 5.41) is 10.2. The lowest BCUT2D eigenvalue weighted by molar-refractivity contribution is -0.174. The first kappa shape index (κ1) is 30.4. The first-order valence-electron chi connectivity index (χ1n) is 12.9. The van der Waals surface area contributed by atoms with Gasteiger partial charge in [-0.05, 0) is 98.3 Å². The van der Waals surface area contributed by atoms with Crippen molar-refractivity contribution in [2.75, 3.05) is 0 Å². The first-order chi connectivity index (χ1) is 15.3. The Labute approximate surface area is 207 Å². The van der Waals surface area contributed by atoms with Gasteiger partial charge < -0.3 is 14.6 Å². The fraction of sp³-hybridized carbons (Fsp3) is 0.893. The zero-order valence-electron chi connectivity index (χ0n) is 23.5. The average molecular weight is 483 g/mol. The molecule has 0 saturated heterocycles. The van der Waals surface area contributed by atoms with E-state index in [-0.39, 0.29) is 24.9 Å².